The Bertz CT molecular complexity index is 673. The highest BCUT2D eigenvalue weighted by Gasteiger charge is 2.21. The molecule has 0 saturated heterocycles. The molecule has 0 amide bonds. The highest BCUT2D eigenvalue weighted by atomic mass is 19.1. The topological polar surface area (TPSA) is 46.5 Å². The van der Waals surface area contributed by atoms with E-state index in [1.165, 1.54) is 37.1 Å². The van der Waals surface area contributed by atoms with Crippen LogP contribution >= 0.6 is 0 Å². The maximum absolute atomic E-state index is 13.0. The lowest BCUT2D eigenvalue weighted by molar-refractivity contribution is -0.138. The van der Waals surface area contributed by atoms with Gasteiger partial charge >= 0.3 is 5.97 Å². The molecular weight excluding hydrogens is 307 g/mol. The number of rotatable bonds is 6. The third-order valence-corrected chi connectivity index (χ3v) is 4.54. The standard InChI is InChI=1S/C20H21FO3/c21-16-9-7-15(8-10-16)19(20(22)23)13-14-5-11-18(12-6-14)24-17-3-1-2-4-17/h5-12,17,19H,1-4,13H2,(H,22,23). The molecule has 3 rings (SSSR count). The van der Waals surface area contributed by atoms with Crippen LogP contribution in [0.5, 0.6) is 5.75 Å². The lowest BCUT2D eigenvalue weighted by Crippen LogP contribution is -2.14. The fourth-order valence-electron chi connectivity index (χ4n) is 3.18. The summed E-state index contributed by atoms with van der Waals surface area (Å²) in [6.45, 7) is 0. The molecule has 126 valence electrons. The average molecular weight is 328 g/mol. The molecule has 24 heavy (non-hydrogen) atoms. The number of aliphatic carboxylic acids is 1. The van der Waals surface area contributed by atoms with Gasteiger partial charge in [0.2, 0.25) is 0 Å². The van der Waals surface area contributed by atoms with Crippen LogP contribution in [0.1, 0.15) is 42.7 Å². The van der Waals surface area contributed by atoms with Gasteiger partial charge in [0.1, 0.15) is 11.6 Å². The third-order valence-electron chi connectivity index (χ3n) is 4.54. The van der Waals surface area contributed by atoms with Crippen molar-refractivity contribution >= 4 is 5.97 Å². The zero-order valence-corrected chi connectivity index (χ0v) is 13.5. The Kier molecular flexibility index (Phi) is 5.14. The van der Waals surface area contributed by atoms with Crippen LogP contribution in [0.25, 0.3) is 0 Å². The molecule has 0 aliphatic heterocycles. The van der Waals surface area contributed by atoms with E-state index >= 15 is 0 Å². The summed E-state index contributed by atoms with van der Waals surface area (Å²) in [7, 11) is 0. The summed E-state index contributed by atoms with van der Waals surface area (Å²) in [6.07, 6.45) is 5.33. The van der Waals surface area contributed by atoms with Crippen molar-refractivity contribution in [2.45, 2.75) is 44.1 Å². The smallest absolute Gasteiger partial charge is 0.311 e. The first-order valence-corrected chi connectivity index (χ1v) is 8.35. The molecule has 1 aliphatic carbocycles. The molecule has 1 unspecified atom stereocenters. The second-order valence-electron chi connectivity index (χ2n) is 6.31. The predicted octanol–water partition coefficient (Wildman–Crippen LogP) is 4.56. The maximum Gasteiger partial charge on any atom is 0.311 e. The van der Waals surface area contributed by atoms with Crippen LogP contribution in [0.4, 0.5) is 4.39 Å². The van der Waals surface area contributed by atoms with Crippen molar-refractivity contribution in [1.29, 1.82) is 0 Å². The fourth-order valence-corrected chi connectivity index (χ4v) is 3.18. The predicted molar refractivity (Wildman–Crippen MR) is 89.8 cm³/mol. The average Bonchev–Trinajstić information content (AvgIpc) is 3.08. The van der Waals surface area contributed by atoms with Gasteiger partial charge in [0.25, 0.3) is 0 Å². The number of carboxylic acid groups (broad SMARTS) is 1. The van der Waals surface area contributed by atoms with Gasteiger partial charge in [-0.25, -0.2) is 4.39 Å². The van der Waals surface area contributed by atoms with Crippen LogP contribution in [0.2, 0.25) is 0 Å². The van der Waals surface area contributed by atoms with Gasteiger partial charge in [-0.2, -0.15) is 0 Å². The van der Waals surface area contributed by atoms with Gasteiger partial charge < -0.3 is 9.84 Å². The second-order valence-corrected chi connectivity index (χ2v) is 6.31. The highest BCUT2D eigenvalue weighted by molar-refractivity contribution is 5.76. The van der Waals surface area contributed by atoms with E-state index in [2.05, 4.69) is 0 Å². The van der Waals surface area contributed by atoms with E-state index in [4.69, 9.17) is 4.74 Å². The molecule has 1 N–H and O–H groups in total. The lowest BCUT2D eigenvalue weighted by Gasteiger charge is -2.15. The molecule has 1 saturated carbocycles. The molecule has 0 radical (unpaired) electrons. The van der Waals surface area contributed by atoms with Crippen LogP contribution in [0.15, 0.2) is 48.5 Å². The molecule has 0 aromatic heterocycles. The molecule has 0 bridgehead atoms. The summed E-state index contributed by atoms with van der Waals surface area (Å²) >= 11 is 0. The van der Waals surface area contributed by atoms with Gasteiger partial charge in [-0.15, -0.1) is 0 Å². The van der Waals surface area contributed by atoms with E-state index in [-0.39, 0.29) is 5.82 Å². The molecule has 2 aromatic rings. The third kappa shape index (κ3) is 4.13. The summed E-state index contributed by atoms with van der Waals surface area (Å²) in [5.41, 5.74) is 1.53. The van der Waals surface area contributed by atoms with Crippen LogP contribution in [0, 0.1) is 5.82 Å². The first kappa shape index (κ1) is 16.5. The number of hydrogen-bond donors (Lipinski definition) is 1. The van der Waals surface area contributed by atoms with Crippen molar-refractivity contribution in [3.05, 3.63) is 65.5 Å². The number of carbonyl (C=O) groups is 1. The molecule has 3 nitrogen and oxygen atoms in total. The Labute approximate surface area is 141 Å². The maximum atomic E-state index is 13.0. The van der Waals surface area contributed by atoms with E-state index in [1.54, 1.807) is 0 Å². The van der Waals surface area contributed by atoms with Gasteiger partial charge in [-0.05, 0) is 67.5 Å². The SMILES string of the molecule is O=C(O)C(Cc1ccc(OC2CCCC2)cc1)c1ccc(F)cc1. The van der Waals surface area contributed by atoms with Gasteiger partial charge in [-0.3, -0.25) is 4.79 Å². The van der Waals surface area contributed by atoms with Gasteiger partial charge in [0, 0.05) is 0 Å². The Morgan fingerprint density at radius 3 is 2.29 bits per heavy atom. The molecule has 2 aromatic carbocycles. The van der Waals surface area contributed by atoms with Crippen LogP contribution in [-0.4, -0.2) is 17.2 Å². The quantitative estimate of drug-likeness (QED) is 0.845. The minimum Gasteiger partial charge on any atom is -0.490 e. The fraction of sp³-hybridized carbons (Fsp3) is 0.350. The largest absolute Gasteiger partial charge is 0.490 e. The van der Waals surface area contributed by atoms with Crippen molar-refractivity contribution in [3.63, 3.8) is 0 Å². The normalized spacial score (nSPS) is 16.0. The molecule has 1 aliphatic rings. The number of carboxylic acids is 1. The first-order chi connectivity index (χ1) is 11.6. The monoisotopic (exact) mass is 328 g/mol. The van der Waals surface area contributed by atoms with Gasteiger partial charge in [0.05, 0.1) is 12.0 Å². The second kappa shape index (κ2) is 7.47. The lowest BCUT2D eigenvalue weighted by atomic mass is 9.92. The molecule has 1 fully saturated rings. The molecule has 0 spiro atoms. The van der Waals surface area contributed by atoms with E-state index in [0.29, 0.717) is 18.1 Å². The summed E-state index contributed by atoms with van der Waals surface area (Å²) in [5, 5.41) is 9.48. The number of ether oxygens (including phenoxy) is 1. The molecular formula is C20H21FO3. The summed E-state index contributed by atoms with van der Waals surface area (Å²) in [6, 6.07) is 13.3. The van der Waals surface area contributed by atoms with E-state index in [9.17, 15) is 14.3 Å². The van der Waals surface area contributed by atoms with Crippen molar-refractivity contribution in [2.24, 2.45) is 0 Å². The first-order valence-electron chi connectivity index (χ1n) is 8.35. The summed E-state index contributed by atoms with van der Waals surface area (Å²) in [5.74, 6) is -1.13. The number of hydrogen-bond acceptors (Lipinski definition) is 2. The zero-order chi connectivity index (χ0) is 16.9. The zero-order valence-electron chi connectivity index (χ0n) is 13.5. The molecule has 4 heteroatoms. The van der Waals surface area contributed by atoms with E-state index < -0.39 is 11.9 Å². The number of halogens is 1. The molecule has 1 atom stereocenters. The van der Waals surface area contributed by atoms with Gasteiger partial charge in [-0.1, -0.05) is 24.3 Å². The van der Waals surface area contributed by atoms with E-state index in [1.807, 2.05) is 24.3 Å². The van der Waals surface area contributed by atoms with Crippen molar-refractivity contribution in [3.8, 4) is 5.75 Å². The molecule has 0 heterocycles. The Balaban J connectivity index is 1.68. The van der Waals surface area contributed by atoms with E-state index in [0.717, 1.165) is 24.2 Å². The minimum atomic E-state index is -0.909. The highest BCUT2D eigenvalue weighted by Crippen LogP contribution is 2.26. The summed E-state index contributed by atoms with van der Waals surface area (Å²) in [4.78, 5) is 11.6. The van der Waals surface area contributed by atoms with Crippen LogP contribution in [-0.2, 0) is 11.2 Å². The Hall–Kier alpha value is -2.36. The Morgan fingerprint density at radius 2 is 1.71 bits per heavy atom. The van der Waals surface area contributed by atoms with Crippen molar-refractivity contribution in [1.82, 2.24) is 0 Å². The van der Waals surface area contributed by atoms with Crippen LogP contribution in [0.3, 0.4) is 0 Å². The Morgan fingerprint density at radius 1 is 1.08 bits per heavy atom. The number of benzene rings is 2. The van der Waals surface area contributed by atoms with Crippen molar-refractivity contribution in [2.75, 3.05) is 0 Å². The van der Waals surface area contributed by atoms with Crippen LogP contribution < -0.4 is 4.74 Å². The van der Waals surface area contributed by atoms with Crippen molar-refractivity contribution < 1.29 is 19.0 Å². The summed E-state index contributed by atoms with van der Waals surface area (Å²) < 4.78 is 19.0. The minimum absolute atomic E-state index is 0.307. The van der Waals surface area contributed by atoms with Gasteiger partial charge in [0.15, 0.2) is 0 Å².